The first-order valence-corrected chi connectivity index (χ1v) is 7.18. The minimum Gasteiger partial charge on any atom is -0.368 e. The monoisotopic (exact) mass is 354 g/mol. The molecule has 25 heavy (non-hydrogen) atoms. The zero-order chi connectivity index (χ0) is 18.6. The molecule has 8 heteroatoms. The van der Waals surface area contributed by atoms with Crippen molar-refractivity contribution in [1.82, 2.24) is 5.32 Å². The molecule has 0 unspecified atom stereocenters. The lowest BCUT2D eigenvalue weighted by Gasteiger charge is -2.16. The first-order valence-electron chi connectivity index (χ1n) is 7.18. The van der Waals surface area contributed by atoms with E-state index < -0.39 is 35.4 Å². The fourth-order valence-corrected chi connectivity index (χ4v) is 2.18. The molecule has 2 rings (SSSR count). The van der Waals surface area contributed by atoms with Crippen LogP contribution in [0.3, 0.4) is 0 Å². The zero-order valence-electron chi connectivity index (χ0n) is 12.8. The van der Waals surface area contributed by atoms with Gasteiger partial charge in [-0.05, 0) is 35.9 Å². The largest absolute Gasteiger partial charge is 0.416 e. The van der Waals surface area contributed by atoms with Crippen molar-refractivity contribution in [2.45, 2.75) is 18.6 Å². The fraction of sp³-hybridized carbons (Fsp3) is 0.176. The number of carbonyl (C=O) groups excluding carboxylic acids is 2. The lowest BCUT2D eigenvalue weighted by Crippen LogP contribution is -2.45. The molecule has 0 aliphatic carbocycles. The molecule has 2 aromatic carbocycles. The summed E-state index contributed by atoms with van der Waals surface area (Å²) < 4.78 is 51.1. The van der Waals surface area contributed by atoms with E-state index in [1.54, 1.807) is 0 Å². The molecule has 3 N–H and O–H groups in total. The Balaban J connectivity index is 2.15. The van der Waals surface area contributed by atoms with Gasteiger partial charge in [-0.25, -0.2) is 4.39 Å². The molecule has 2 amide bonds. The molecular weight excluding hydrogens is 340 g/mol. The van der Waals surface area contributed by atoms with Crippen molar-refractivity contribution in [1.29, 1.82) is 0 Å². The molecule has 0 spiro atoms. The summed E-state index contributed by atoms with van der Waals surface area (Å²) in [6.45, 7) is 0. The van der Waals surface area contributed by atoms with E-state index in [1.807, 2.05) is 0 Å². The lowest BCUT2D eigenvalue weighted by molar-refractivity contribution is -0.137. The highest BCUT2D eigenvalue weighted by Crippen LogP contribution is 2.29. The normalized spacial score (nSPS) is 12.5. The summed E-state index contributed by atoms with van der Waals surface area (Å²) in [6, 6.07) is 7.76. The molecule has 0 bridgehead atoms. The molecule has 0 aliphatic heterocycles. The summed E-state index contributed by atoms with van der Waals surface area (Å²) in [5.41, 5.74) is 4.65. The summed E-state index contributed by atoms with van der Waals surface area (Å²) in [6.07, 6.45) is -4.72. The third-order valence-electron chi connectivity index (χ3n) is 3.45. The fourth-order valence-electron chi connectivity index (χ4n) is 2.18. The van der Waals surface area contributed by atoms with Gasteiger partial charge in [0.1, 0.15) is 11.9 Å². The van der Waals surface area contributed by atoms with Gasteiger partial charge in [0.15, 0.2) is 0 Å². The number of hydrogen-bond acceptors (Lipinski definition) is 2. The highest BCUT2D eigenvalue weighted by atomic mass is 19.4. The van der Waals surface area contributed by atoms with Crippen molar-refractivity contribution in [3.8, 4) is 0 Å². The molecule has 132 valence electrons. The summed E-state index contributed by atoms with van der Waals surface area (Å²) in [5.74, 6) is -2.12. The number of carbonyl (C=O) groups is 2. The SMILES string of the molecule is NC(=O)[C@@H](Cc1cccc(C(F)(F)F)c1)NC(=O)c1ccc(F)cc1. The minimum atomic E-state index is -4.52. The maximum atomic E-state index is 12.9. The van der Waals surface area contributed by atoms with Crippen molar-refractivity contribution >= 4 is 11.8 Å². The molecule has 0 fully saturated rings. The summed E-state index contributed by atoms with van der Waals surface area (Å²) in [7, 11) is 0. The van der Waals surface area contributed by atoms with Gasteiger partial charge in [-0.2, -0.15) is 13.2 Å². The van der Waals surface area contributed by atoms with E-state index in [4.69, 9.17) is 5.73 Å². The zero-order valence-corrected chi connectivity index (χ0v) is 12.8. The number of nitrogens with two attached hydrogens (primary N) is 1. The topological polar surface area (TPSA) is 72.2 Å². The predicted octanol–water partition coefficient (Wildman–Crippen LogP) is 2.67. The third-order valence-corrected chi connectivity index (χ3v) is 3.45. The van der Waals surface area contributed by atoms with Crippen LogP contribution in [0.4, 0.5) is 17.6 Å². The van der Waals surface area contributed by atoms with Crippen LogP contribution in [0.2, 0.25) is 0 Å². The average Bonchev–Trinajstić information content (AvgIpc) is 2.54. The van der Waals surface area contributed by atoms with Crippen LogP contribution in [0.5, 0.6) is 0 Å². The van der Waals surface area contributed by atoms with E-state index in [0.29, 0.717) is 0 Å². The molecule has 0 aliphatic rings. The van der Waals surface area contributed by atoms with Crippen LogP contribution in [0.1, 0.15) is 21.5 Å². The number of nitrogens with one attached hydrogen (secondary N) is 1. The summed E-state index contributed by atoms with van der Waals surface area (Å²) >= 11 is 0. The number of alkyl halides is 3. The first-order chi connectivity index (χ1) is 11.7. The van der Waals surface area contributed by atoms with Crippen LogP contribution >= 0.6 is 0 Å². The Morgan fingerprint density at radius 2 is 1.72 bits per heavy atom. The highest BCUT2D eigenvalue weighted by Gasteiger charge is 2.30. The van der Waals surface area contributed by atoms with Crippen LogP contribution in [0, 0.1) is 5.82 Å². The Bertz CT molecular complexity index is 773. The molecule has 0 heterocycles. The maximum Gasteiger partial charge on any atom is 0.416 e. The van der Waals surface area contributed by atoms with Gasteiger partial charge in [0.05, 0.1) is 5.56 Å². The van der Waals surface area contributed by atoms with Crippen LogP contribution in [0.25, 0.3) is 0 Å². The third kappa shape index (κ3) is 5.03. The number of primary amides is 1. The smallest absolute Gasteiger partial charge is 0.368 e. The molecule has 1 atom stereocenters. The second-order valence-electron chi connectivity index (χ2n) is 5.34. The van der Waals surface area contributed by atoms with Crippen molar-refractivity contribution in [3.05, 3.63) is 71.0 Å². The van der Waals surface area contributed by atoms with Gasteiger partial charge in [0.25, 0.3) is 5.91 Å². The first kappa shape index (κ1) is 18.4. The van der Waals surface area contributed by atoms with E-state index in [0.717, 1.165) is 24.3 Å². The van der Waals surface area contributed by atoms with E-state index in [-0.39, 0.29) is 17.5 Å². The maximum absolute atomic E-state index is 12.9. The second kappa shape index (κ2) is 7.33. The van der Waals surface area contributed by atoms with E-state index >= 15 is 0 Å². The van der Waals surface area contributed by atoms with Gasteiger partial charge in [-0.15, -0.1) is 0 Å². The van der Waals surface area contributed by atoms with Crippen LogP contribution in [0.15, 0.2) is 48.5 Å². The van der Waals surface area contributed by atoms with Crippen LogP contribution < -0.4 is 11.1 Å². The Hall–Kier alpha value is -2.90. The number of halogens is 4. The quantitative estimate of drug-likeness (QED) is 0.811. The Kier molecular flexibility index (Phi) is 5.41. The van der Waals surface area contributed by atoms with E-state index in [2.05, 4.69) is 5.32 Å². The van der Waals surface area contributed by atoms with Gasteiger partial charge < -0.3 is 11.1 Å². The average molecular weight is 354 g/mol. The number of benzene rings is 2. The highest BCUT2D eigenvalue weighted by molar-refractivity contribution is 5.97. The summed E-state index contributed by atoms with van der Waals surface area (Å²) in [4.78, 5) is 23.6. The van der Waals surface area contributed by atoms with Gasteiger partial charge >= 0.3 is 6.18 Å². The predicted molar refractivity (Wildman–Crippen MR) is 82.0 cm³/mol. The number of hydrogen-bond donors (Lipinski definition) is 2. The van der Waals surface area contributed by atoms with Gasteiger partial charge in [-0.1, -0.05) is 18.2 Å². The molecule has 4 nitrogen and oxygen atoms in total. The molecule has 0 aromatic heterocycles. The van der Waals surface area contributed by atoms with Gasteiger partial charge in [0.2, 0.25) is 5.91 Å². The van der Waals surface area contributed by atoms with Crippen molar-refractivity contribution < 1.29 is 27.2 Å². The van der Waals surface area contributed by atoms with E-state index in [9.17, 15) is 27.2 Å². The number of rotatable bonds is 5. The van der Waals surface area contributed by atoms with Crippen LogP contribution in [-0.2, 0) is 17.4 Å². The number of amides is 2. The van der Waals surface area contributed by atoms with Crippen molar-refractivity contribution in [3.63, 3.8) is 0 Å². The molecule has 2 aromatic rings. The summed E-state index contributed by atoms with van der Waals surface area (Å²) in [5, 5.41) is 2.34. The van der Waals surface area contributed by atoms with Crippen molar-refractivity contribution in [2.24, 2.45) is 5.73 Å². The van der Waals surface area contributed by atoms with E-state index in [1.165, 1.54) is 24.3 Å². The van der Waals surface area contributed by atoms with Gasteiger partial charge in [0, 0.05) is 12.0 Å². The Labute approximate surface area is 140 Å². The van der Waals surface area contributed by atoms with Crippen molar-refractivity contribution in [2.75, 3.05) is 0 Å². The van der Waals surface area contributed by atoms with Gasteiger partial charge in [-0.3, -0.25) is 9.59 Å². The molecule has 0 radical (unpaired) electrons. The minimum absolute atomic E-state index is 0.0942. The van der Waals surface area contributed by atoms with Crippen LogP contribution in [-0.4, -0.2) is 17.9 Å². The second-order valence-corrected chi connectivity index (χ2v) is 5.34. The molecular formula is C17H14F4N2O2. The lowest BCUT2D eigenvalue weighted by atomic mass is 10.0. The molecule has 0 saturated carbocycles. The Morgan fingerprint density at radius 3 is 2.28 bits per heavy atom. The molecule has 0 saturated heterocycles. The standard InChI is InChI=1S/C17H14F4N2O2/c18-13-6-4-11(5-7-13)16(25)23-14(15(22)24)9-10-2-1-3-12(8-10)17(19,20)21/h1-8,14H,9H2,(H2,22,24)(H,23,25)/t14-/m1/s1. The Morgan fingerprint density at radius 1 is 1.08 bits per heavy atom.